The molecule has 5 rings (SSSR count). The van der Waals surface area contributed by atoms with Crippen molar-refractivity contribution in [3.8, 4) is 17.1 Å². The zero-order chi connectivity index (χ0) is 19.3. The maximum absolute atomic E-state index is 5.52. The van der Waals surface area contributed by atoms with Gasteiger partial charge in [-0.2, -0.15) is 0 Å². The normalized spacial score (nSPS) is 15.5. The molecule has 0 fully saturated rings. The Morgan fingerprint density at radius 3 is 2.71 bits per heavy atom. The predicted molar refractivity (Wildman–Crippen MR) is 115 cm³/mol. The summed E-state index contributed by atoms with van der Waals surface area (Å²) in [6, 6.07) is 14.2. The van der Waals surface area contributed by atoms with Crippen LogP contribution in [-0.2, 0) is 0 Å². The molecule has 0 bridgehead atoms. The third kappa shape index (κ3) is 2.77. The fraction of sp³-hybridized carbons (Fsp3) is 0.0952. The molecule has 3 heterocycles. The number of hydrogen-bond acceptors (Lipinski definition) is 4. The quantitative estimate of drug-likeness (QED) is 0.343. The van der Waals surface area contributed by atoms with E-state index >= 15 is 0 Å². The maximum Gasteiger partial charge on any atom is 0.181 e. The maximum atomic E-state index is 5.52. The van der Waals surface area contributed by atoms with E-state index in [1.54, 1.807) is 6.20 Å². The topological polar surface area (TPSA) is 56.2 Å². The van der Waals surface area contributed by atoms with Gasteiger partial charge in [-0.25, -0.2) is 9.97 Å². The van der Waals surface area contributed by atoms with Gasteiger partial charge in [-0.05, 0) is 31.2 Å². The van der Waals surface area contributed by atoms with Crippen LogP contribution in [0, 0.1) is 0 Å². The van der Waals surface area contributed by atoms with Crippen LogP contribution in [0.4, 0.5) is 0 Å². The Labute approximate surface area is 178 Å². The molecule has 0 unspecified atom stereocenters. The molecule has 5 nitrogen and oxygen atoms in total. The minimum Gasteiger partial charge on any atom is -0.442 e. The van der Waals surface area contributed by atoms with Crippen LogP contribution in [-0.4, -0.2) is 20.2 Å². The second kappa shape index (κ2) is 6.83. The minimum absolute atomic E-state index is 0.129. The van der Waals surface area contributed by atoms with Crippen LogP contribution >= 0.6 is 31.9 Å². The summed E-state index contributed by atoms with van der Waals surface area (Å²) >= 11 is 7.30. The van der Waals surface area contributed by atoms with Crippen molar-refractivity contribution in [3.63, 3.8) is 0 Å². The lowest BCUT2D eigenvalue weighted by atomic mass is 10.0. The highest BCUT2D eigenvalue weighted by atomic mass is 79.9. The van der Waals surface area contributed by atoms with E-state index in [9.17, 15) is 0 Å². The number of rotatable bonds is 2. The Kier molecular flexibility index (Phi) is 4.29. The van der Waals surface area contributed by atoms with Crippen molar-refractivity contribution in [1.82, 2.24) is 14.5 Å². The van der Waals surface area contributed by atoms with Crippen LogP contribution in [0.2, 0.25) is 0 Å². The van der Waals surface area contributed by atoms with E-state index in [0.29, 0.717) is 5.76 Å². The zero-order valence-corrected chi connectivity index (χ0v) is 18.0. The summed E-state index contributed by atoms with van der Waals surface area (Å²) in [7, 11) is 0. The number of aromatic nitrogens is 3. The Morgan fingerprint density at radius 1 is 1.07 bits per heavy atom. The first kappa shape index (κ1) is 17.6. The summed E-state index contributed by atoms with van der Waals surface area (Å²) in [5.41, 5.74) is 5.78. The van der Waals surface area contributed by atoms with Gasteiger partial charge in [-0.3, -0.25) is 9.56 Å². The summed E-state index contributed by atoms with van der Waals surface area (Å²) in [5.74, 6) is 0.638. The molecule has 28 heavy (non-hydrogen) atoms. The van der Waals surface area contributed by atoms with E-state index in [0.717, 1.165) is 42.9 Å². The molecule has 1 aliphatic rings. The Bertz CT molecular complexity index is 1210. The van der Waals surface area contributed by atoms with Crippen LogP contribution in [0.25, 0.3) is 17.1 Å². The molecule has 4 aromatic rings. The van der Waals surface area contributed by atoms with Crippen LogP contribution in [0.15, 0.2) is 79.7 Å². The Morgan fingerprint density at radius 2 is 1.93 bits per heavy atom. The van der Waals surface area contributed by atoms with Gasteiger partial charge < -0.3 is 4.42 Å². The number of hydrogen-bond donors (Lipinski definition) is 0. The van der Waals surface area contributed by atoms with Crippen molar-refractivity contribution in [2.24, 2.45) is 4.99 Å². The van der Waals surface area contributed by atoms with Crippen molar-refractivity contribution in [2.75, 3.05) is 0 Å². The van der Waals surface area contributed by atoms with Crippen molar-refractivity contribution in [2.45, 2.75) is 13.0 Å². The lowest BCUT2D eigenvalue weighted by molar-refractivity contribution is 0.568. The number of aliphatic imine (C=N–C) groups is 1. The van der Waals surface area contributed by atoms with Gasteiger partial charge in [0.25, 0.3) is 0 Å². The number of fused-ring (bicyclic) bond motifs is 3. The molecule has 7 heteroatoms. The lowest BCUT2D eigenvalue weighted by Crippen LogP contribution is -2.07. The summed E-state index contributed by atoms with van der Waals surface area (Å²) < 4.78 is 9.62. The molecule has 0 radical (unpaired) electrons. The molecule has 0 aliphatic carbocycles. The van der Waals surface area contributed by atoms with Gasteiger partial charge >= 0.3 is 0 Å². The van der Waals surface area contributed by atoms with Gasteiger partial charge in [-0.15, -0.1) is 0 Å². The van der Waals surface area contributed by atoms with E-state index in [1.165, 1.54) is 6.39 Å². The molecule has 0 saturated carbocycles. The minimum atomic E-state index is -0.129. The van der Waals surface area contributed by atoms with Crippen LogP contribution < -0.4 is 0 Å². The van der Waals surface area contributed by atoms with E-state index in [2.05, 4.69) is 71.5 Å². The third-order valence-electron chi connectivity index (χ3n) is 4.79. The first-order valence-electron chi connectivity index (χ1n) is 8.72. The molecule has 2 aromatic carbocycles. The molecule has 2 aromatic heterocycles. The zero-order valence-electron chi connectivity index (χ0n) is 14.8. The van der Waals surface area contributed by atoms with Crippen LogP contribution in [0.1, 0.15) is 29.8 Å². The molecule has 0 N–H and O–H groups in total. The van der Waals surface area contributed by atoms with Crippen molar-refractivity contribution < 1.29 is 4.42 Å². The van der Waals surface area contributed by atoms with E-state index in [1.807, 2.05) is 30.6 Å². The third-order valence-corrected chi connectivity index (χ3v) is 5.98. The molecule has 0 spiro atoms. The van der Waals surface area contributed by atoms with Crippen molar-refractivity contribution >= 4 is 37.6 Å². The van der Waals surface area contributed by atoms with Crippen LogP contribution in [0.5, 0.6) is 0 Å². The first-order valence-corrected chi connectivity index (χ1v) is 10.3. The monoisotopic (exact) mass is 496 g/mol. The van der Waals surface area contributed by atoms with Gasteiger partial charge in [-0.1, -0.05) is 50.1 Å². The molecule has 0 saturated heterocycles. The molecular formula is C21H14Br2N4O. The predicted octanol–water partition coefficient (Wildman–Crippen LogP) is 5.96. The highest BCUT2D eigenvalue weighted by Crippen LogP contribution is 2.37. The average molecular weight is 498 g/mol. The fourth-order valence-electron chi connectivity index (χ4n) is 3.57. The number of halogens is 2. The SMILES string of the molecule is C[C@@H]1N=C(c2ccccc2Br)c2cc(Br)ccc2-n2cnc(-c3cnco3)c21. The summed E-state index contributed by atoms with van der Waals surface area (Å²) in [6.45, 7) is 2.07. The lowest BCUT2D eigenvalue weighted by Gasteiger charge is -2.13. The summed E-state index contributed by atoms with van der Waals surface area (Å²) in [6.07, 6.45) is 4.93. The highest BCUT2D eigenvalue weighted by Gasteiger charge is 2.28. The van der Waals surface area contributed by atoms with Gasteiger partial charge in [0.2, 0.25) is 0 Å². The van der Waals surface area contributed by atoms with E-state index in [4.69, 9.17) is 9.41 Å². The number of benzene rings is 2. The second-order valence-corrected chi connectivity index (χ2v) is 8.28. The van der Waals surface area contributed by atoms with E-state index in [-0.39, 0.29) is 6.04 Å². The Balaban J connectivity index is 1.82. The molecule has 1 aliphatic heterocycles. The van der Waals surface area contributed by atoms with Gasteiger partial charge in [0, 0.05) is 20.1 Å². The first-order chi connectivity index (χ1) is 13.6. The fourth-order valence-corrected chi connectivity index (χ4v) is 4.41. The largest absolute Gasteiger partial charge is 0.442 e. The number of imidazole rings is 1. The van der Waals surface area contributed by atoms with Gasteiger partial charge in [0.1, 0.15) is 12.0 Å². The smallest absolute Gasteiger partial charge is 0.181 e. The highest BCUT2D eigenvalue weighted by molar-refractivity contribution is 9.10. The molecule has 0 amide bonds. The van der Waals surface area contributed by atoms with Gasteiger partial charge in [0.15, 0.2) is 12.2 Å². The number of oxazole rings is 1. The summed E-state index contributed by atoms with van der Waals surface area (Å²) in [4.78, 5) is 13.8. The molecule has 1 atom stereocenters. The molecular weight excluding hydrogens is 484 g/mol. The molecule has 138 valence electrons. The Hall–Kier alpha value is -2.51. The average Bonchev–Trinajstić information content (AvgIpc) is 3.34. The van der Waals surface area contributed by atoms with Gasteiger partial charge in [0.05, 0.1) is 29.3 Å². The van der Waals surface area contributed by atoms with Crippen molar-refractivity contribution in [1.29, 1.82) is 0 Å². The number of nitrogens with zero attached hydrogens (tertiary/aromatic N) is 4. The van der Waals surface area contributed by atoms with Crippen molar-refractivity contribution in [3.05, 3.63) is 87.1 Å². The van der Waals surface area contributed by atoms with E-state index < -0.39 is 0 Å². The second-order valence-electron chi connectivity index (χ2n) is 6.51. The van der Waals surface area contributed by atoms with Crippen LogP contribution in [0.3, 0.4) is 0 Å². The summed E-state index contributed by atoms with van der Waals surface area (Å²) in [5, 5.41) is 0. The standard InChI is InChI=1S/C21H14Br2N4O/c1-12-21-20(18-9-24-11-28-18)25-10-27(21)17-7-6-13(22)8-15(17)19(26-12)14-4-2-3-5-16(14)23/h2-12H,1H3/t12-/m0/s1.